The fraction of sp³-hybridized carbons (Fsp3) is 0.148. The summed E-state index contributed by atoms with van der Waals surface area (Å²) in [7, 11) is -4.33. The highest BCUT2D eigenvalue weighted by molar-refractivity contribution is 8.18. The molecule has 0 bridgehead atoms. The highest BCUT2D eigenvalue weighted by Gasteiger charge is 2.35. The molecule has 0 atom stereocenters. The number of ether oxygens (including phenoxy) is 1. The molecule has 9 nitrogen and oxygen atoms in total. The van der Waals surface area contributed by atoms with Gasteiger partial charge in [0.15, 0.2) is 5.75 Å². The molecule has 0 aromatic heterocycles. The third-order valence-electron chi connectivity index (χ3n) is 5.45. The smallest absolute Gasteiger partial charge is 0.339 e. The third kappa shape index (κ3) is 6.79. The first kappa shape index (κ1) is 29.5. The Balaban J connectivity index is 1.60. The lowest BCUT2D eigenvalue weighted by atomic mass is 10.1. The van der Waals surface area contributed by atoms with Crippen molar-refractivity contribution in [3.05, 3.63) is 86.7 Å². The van der Waals surface area contributed by atoms with Gasteiger partial charge >= 0.3 is 10.1 Å². The van der Waals surface area contributed by atoms with E-state index in [0.717, 1.165) is 16.7 Å². The number of rotatable bonds is 9. The van der Waals surface area contributed by atoms with E-state index >= 15 is 0 Å². The number of benzene rings is 3. The Morgan fingerprint density at radius 1 is 1.05 bits per heavy atom. The minimum atomic E-state index is -4.33. The SMILES string of the molecule is CCOc1cc(/C=C2\SC(=O)N(Cc3ccccc3Cl)C2=O)cc(Cl)c1OS(=O)(=O)c1ccc(NC(C)=O)cc1. The predicted octanol–water partition coefficient (Wildman–Crippen LogP) is 6.35. The molecule has 3 aromatic carbocycles. The molecule has 0 saturated carbocycles. The topological polar surface area (TPSA) is 119 Å². The van der Waals surface area contributed by atoms with E-state index in [9.17, 15) is 22.8 Å². The molecule has 4 rings (SSSR count). The molecular formula is C27H22Cl2N2O7S2. The predicted molar refractivity (Wildman–Crippen MR) is 154 cm³/mol. The summed E-state index contributed by atoms with van der Waals surface area (Å²) < 4.78 is 36.9. The van der Waals surface area contributed by atoms with Crippen LogP contribution in [0.3, 0.4) is 0 Å². The van der Waals surface area contributed by atoms with Crippen LogP contribution in [0.1, 0.15) is 25.0 Å². The van der Waals surface area contributed by atoms with Crippen LogP contribution in [-0.2, 0) is 26.3 Å². The zero-order chi connectivity index (χ0) is 29.0. The molecule has 3 aromatic rings. The van der Waals surface area contributed by atoms with Crippen LogP contribution in [0.15, 0.2) is 70.5 Å². The monoisotopic (exact) mass is 620 g/mol. The summed E-state index contributed by atoms with van der Waals surface area (Å²) >= 11 is 13.4. The Hall–Kier alpha value is -3.51. The van der Waals surface area contributed by atoms with Gasteiger partial charge in [0, 0.05) is 17.6 Å². The van der Waals surface area contributed by atoms with Crippen LogP contribution in [0.25, 0.3) is 6.08 Å². The lowest BCUT2D eigenvalue weighted by Gasteiger charge is -2.15. The average molecular weight is 622 g/mol. The van der Waals surface area contributed by atoms with Crippen molar-refractivity contribution >= 4 is 73.9 Å². The zero-order valence-corrected chi connectivity index (χ0v) is 24.3. The number of thioether (sulfide) groups is 1. The lowest BCUT2D eigenvalue weighted by molar-refractivity contribution is -0.123. The molecule has 1 N–H and O–H groups in total. The van der Waals surface area contributed by atoms with Crippen LogP contribution in [0, 0.1) is 0 Å². The minimum absolute atomic E-state index is 0.0169. The maximum atomic E-state index is 13.0. The van der Waals surface area contributed by atoms with E-state index in [1.807, 2.05) is 0 Å². The molecule has 1 aliphatic rings. The fourth-order valence-corrected chi connectivity index (χ4v) is 5.96. The van der Waals surface area contributed by atoms with E-state index in [-0.39, 0.29) is 45.4 Å². The quantitative estimate of drug-likeness (QED) is 0.217. The number of carbonyl (C=O) groups is 3. The Kier molecular flexibility index (Phi) is 9.09. The molecule has 3 amide bonds. The number of hydrogen-bond donors (Lipinski definition) is 1. The Labute approximate surface area is 245 Å². The molecular weight excluding hydrogens is 599 g/mol. The van der Waals surface area contributed by atoms with Crippen molar-refractivity contribution in [2.75, 3.05) is 11.9 Å². The van der Waals surface area contributed by atoms with Crippen molar-refractivity contribution in [2.45, 2.75) is 25.3 Å². The fourth-order valence-electron chi connectivity index (χ4n) is 3.67. The van der Waals surface area contributed by atoms with Crippen molar-refractivity contribution in [1.29, 1.82) is 0 Å². The van der Waals surface area contributed by atoms with Crippen molar-refractivity contribution < 1.29 is 31.7 Å². The van der Waals surface area contributed by atoms with E-state index in [2.05, 4.69) is 5.32 Å². The first-order valence-corrected chi connectivity index (χ1v) is 14.7. The summed E-state index contributed by atoms with van der Waals surface area (Å²) in [5.74, 6) is -1.02. The van der Waals surface area contributed by atoms with Crippen molar-refractivity contribution in [3.8, 4) is 11.5 Å². The molecule has 0 radical (unpaired) electrons. The van der Waals surface area contributed by atoms with Gasteiger partial charge in [-0.15, -0.1) is 0 Å². The number of nitrogens with zero attached hydrogens (tertiary/aromatic N) is 1. The molecule has 1 fully saturated rings. The van der Waals surface area contributed by atoms with Crippen LogP contribution < -0.4 is 14.2 Å². The second-order valence-corrected chi connectivity index (χ2v) is 11.7. The zero-order valence-electron chi connectivity index (χ0n) is 21.1. The normalized spacial score (nSPS) is 14.5. The first-order chi connectivity index (χ1) is 19.0. The standard InChI is InChI=1S/C27H22Cl2N2O7S2/c1-3-37-23-13-17(14-24-26(33)31(27(34)39-24)15-18-6-4-5-7-21(18)28)12-22(29)25(23)38-40(35,36)20-10-8-19(9-11-20)30-16(2)32/h4-14H,3,15H2,1-2H3,(H,30,32)/b24-14-. The van der Waals surface area contributed by atoms with Crippen molar-refractivity contribution in [3.63, 3.8) is 0 Å². The summed E-state index contributed by atoms with van der Waals surface area (Å²) in [6, 6.07) is 15.2. The molecule has 1 aliphatic heterocycles. The number of halogens is 2. The average Bonchev–Trinajstić information content (AvgIpc) is 3.15. The van der Waals surface area contributed by atoms with Crippen LogP contribution in [0.2, 0.25) is 10.0 Å². The second-order valence-electron chi connectivity index (χ2n) is 8.37. The Morgan fingerprint density at radius 2 is 1.75 bits per heavy atom. The van der Waals surface area contributed by atoms with E-state index in [0.29, 0.717) is 21.8 Å². The van der Waals surface area contributed by atoms with Gasteiger partial charge in [-0.25, -0.2) is 0 Å². The molecule has 0 unspecified atom stereocenters. The van der Waals surface area contributed by atoms with Gasteiger partial charge in [0.25, 0.3) is 11.1 Å². The van der Waals surface area contributed by atoms with Gasteiger partial charge in [-0.2, -0.15) is 8.42 Å². The summed E-state index contributed by atoms with van der Waals surface area (Å²) in [6.07, 6.45) is 1.46. The number of hydrogen-bond acceptors (Lipinski definition) is 8. The van der Waals surface area contributed by atoms with Gasteiger partial charge in [-0.05, 0) is 78.4 Å². The van der Waals surface area contributed by atoms with Gasteiger partial charge in [0.1, 0.15) is 4.90 Å². The molecule has 1 heterocycles. The molecule has 208 valence electrons. The largest absolute Gasteiger partial charge is 0.490 e. The van der Waals surface area contributed by atoms with Gasteiger partial charge in [-0.3, -0.25) is 19.3 Å². The van der Waals surface area contributed by atoms with Crippen molar-refractivity contribution in [2.24, 2.45) is 0 Å². The summed E-state index contributed by atoms with van der Waals surface area (Å²) in [4.78, 5) is 37.9. The summed E-state index contributed by atoms with van der Waals surface area (Å²) in [5, 5.41) is 2.44. The highest BCUT2D eigenvalue weighted by atomic mass is 35.5. The number of anilines is 1. The molecule has 1 saturated heterocycles. The maximum Gasteiger partial charge on any atom is 0.339 e. The van der Waals surface area contributed by atoms with Gasteiger partial charge in [-0.1, -0.05) is 41.4 Å². The first-order valence-electron chi connectivity index (χ1n) is 11.8. The number of amides is 3. The van der Waals surface area contributed by atoms with E-state index in [4.69, 9.17) is 32.1 Å². The number of imide groups is 1. The molecule has 0 aliphatic carbocycles. The van der Waals surface area contributed by atoms with E-state index < -0.39 is 21.3 Å². The van der Waals surface area contributed by atoms with Gasteiger partial charge in [0.2, 0.25) is 11.7 Å². The molecule has 0 spiro atoms. The number of nitrogens with one attached hydrogen (secondary N) is 1. The van der Waals surface area contributed by atoms with Crippen LogP contribution in [0.4, 0.5) is 10.5 Å². The highest BCUT2D eigenvalue weighted by Crippen LogP contribution is 2.41. The Bertz CT molecular complexity index is 1620. The van der Waals surface area contributed by atoms with Crippen LogP contribution in [0.5, 0.6) is 11.5 Å². The molecule has 40 heavy (non-hydrogen) atoms. The van der Waals surface area contributed by atoms with Crippen LogP contribution >= 0.6 is 35.0 Å². The van der Waals surface area contributed by atoms with Crippen LogP contribution in [-0.4, -0.2) is 37.0 Å². The van der Waals surface area contributed by atoms with E-state index in [1.165, 1.54) is 49.4 Å². The summed E-state index contributed by atoms with van der Waals surface area (Å²) in [5.41, 5.74) is 1.43. The van der Waals surface area contributed by atoms with E-state index in [1.54, 1.807) is 31.2 Å². The Morgan fingerprint density at radius 3 is 2.40 bits per heavy atom. The van der Waals surface area contributed by atoms with Gasteiger partial charge in [0.05, 0.1) is 23.1 Å². The lowest BCUT2D eigenvalue weighted by Crippen LogP contribution is -2.27. The summed E-state index contributed by atoms with van der Waals surface area (Å²) in [6.45, 7) is 3.21. The maximum absolute atomic E-state index is 13.0. The van der Waals surface area contributed by atoms with Gasteiger partial charge < -0.3 is 14.2 Å². The molecule has 13 heteroatoms. The minimum Gasteiger partial charge on any atom is -0.490 e. The second kappa shape index (κ2) is 12.3. The third-order valence-corrected chi connectivity index (χ3v) is 8.24. The number of carbonyl (C=O) groups excluding carboxylic acids is 3. The van der Waals surface area contributed by atoms with Crippen molar-refractivity contribution in [1.82, 2.24) is 4.90 Å².